The number of nitrogens with two attached hydrogens (primary N) is 1. The van der Waals surface area contributed by atoms with Crippen LogP contribution in [0.4, 0.5) is 31.4 Å². The van der Waals surface area contributed by atoms with E-state index < -0.39 is 61.6 Å². The topological polar surface area (TPSA) is 391 Å². The molecule has 1 aromatic heterocycles. The number of fused-ring (bicyclic) bond motifs is 6. The number of carbonyl (C=O) groups excluding carboxylic acids is 9. The van der Waals surface area contributed by atoms with Crippen LogP contribution in [-0.4, -0.2) is 236 Å². The molecule has 2 aliphatic heterocycles. The van der Waals surface area contributed by atoms with Gasteiger partial charge in [-0.2, -0.15) is 0 Å². The number of urea groups is 1. The van der Waals surface area contributed by atoms with Crippen molar-refractivity contribution in [1.82, 2.24) is 25.8 Å². The Hall–Kier alpha value is -7.15. The summed E-state index contributed by atoms with van der Waals surface area (Å²) < 4.78 is 67.0. The minimum atomic E-state index is -5.01. The van der Waals surface area contributed by atoms with E-state index in [4.69, 9.17) is 76.1 Å². The zero-order valence-electron chi connectivity index (χ0n) is 62.7. The molecule has 0 bridgehead atoms. The third kappa shape index (κ3) is 27.8. The van der Waals surface area contributed by atoms with E-state index in [1.807, 2.05) is 12.1 Å². The molecule has 2 aliphatic rings. The number of phosphoric acid groups is 1. The third-order valence-electron chi connectivity index (χ3n) is 17.9. The van der Waals surface area contributed by atoms with E-state index in [1.165, 1.54) is 34.9 Å². The fourth-order valence-corrected chi connectivity index (χ4v) is 14.2. The molecule has 112 heavy (non-hydrogen) atoms. The predicted octanol–water partition coefficient (Wildman–Crippen LogP) is 8.42. The number of likely N-dealkylation sites (N-methyl/N-ethyl adjacent to an activating group) is 2. The van der Waals surface area contributed by atoms with E-state index in [-0.39, 0.29) is 180 Å². The number of amides is 9. The van der Waals surface area contributed by atoms with Crippen LogP contribution < -0.4 is 46.1 Å². The number of hydrogen-bond acceptors (Lipinski definition) is 22. The normalized spacial score (nSPS) is 14.2. The molecule has 6 aromatic rings. The number of nitrogens with zero attached hydrogens (tertiary/aromatic N) is 4. The van der Waals surface area contributed by atoms with Crippen molar-refractivity contribution in [2.45, 2.75) is 64.0 Å². The summed E-state index contributed by atoms with van der Waals surface area (Å²) in [5, 5.41) is 13.1. The van der Waals surface area contributed by atoms with Crippen LogP contribution in [0, 0.1) is 11.8 Å². The van der Waals surface area contributed by atoms with E-state index in [1.54, 1.807) is 97.6 Å². The van der Waals surface area contributed by atoms with Gasteiger partial charge in [-0.3, -0.25) is 38.6 Å². The molecule has 3 heterocycles. The summed E-state index contributed by atoms with van der Waals surface area (Å²) >= 11 is 18.7. The van der Waals surface area contributed by atoms with Crippen LogP contribution in [-0.2, 0) is 114 Å². The molecular weight excluding hydrogens is 1630 g/mol. The number of Topliss-reactive ketones (excluding diaryl/α,β-unsaturated/α-hetero) is 1. The largest absolute Gasteiger partial charge is 0.783 e. The number of primary amides is 1. The minimum absolute atomic E-state index is 0. The molecule has 4 atom stereocenters. The fourth-order valence-electron chi connectivity index (χ4n) is 12.3. The average Bonchev–Trinajstić information content (AvgIpc) is 1.58. The molecule has 0 saturated carbocycles. The van der Waals surface area contributed by atoms with Gasteiger partial charge in [0.05, 0.1) is 113 Å². The zero-order chi connectivity index (χ0) is 80.0. The second kappa shape index (κ2) is 47.0. The Labute approximate surface area is 693 Å². The fraction of sp³-hybridized carbons (Fsp3) is 0.480. The molecule has 0 spiro atoms. The van der Waals surface area contributed by atoms with E-state index in [9.17, 15) is 57.5 Å². The van der Waals surface area contributed by atoms with E-state index >= 15 is 0 Å². The number of hydrogen-bond donors (Lipinski definition) is 7. The number of alkyl halides is 2. The van der Waals surface area contributed by atoms with Crippen molar-refractivity contribution in [1.29, 1.82) is 0 Å². The van der Waals surface area contributed by atoms with Crippen LogP contribution in [0.1, 0.15) is 87.4 Å². The standard InChI is InChI=1S/C75H96Cl2N9O22PS2.Y/c1-48(2)69(82-65(88)21-26-104-47-105-37-36-103-35-34-102-33-32-101-31-30-100-29-28-99-27-23-79-66(89)46-110)60(87)38-50(10-9-22-80-73(78)93)70(90)81-53-17-15-49(16-18-53)45-106-74(94)83(3)24-25-84(4)75(95)107-61-39-58-67(56-13-7-5-11-54(56)61)51(41-76)43-85(58)71(91)63-19-20-64(111-63)72(92)86-44-52(42-77)68-57-14-8-6-12-55(57)62(40-59(68)86)108-109(96,97)98;/h5-8,11-20,39-40,48,50-52,69,110H,9-10,21-38,41-47H2,1-4H3,(H,79,89)(H,81,90)(H,82,88)(H3,78,80,93)(H2,96,97,98);/p-1/t50-,51-,52-,69+;/m1./s1. The average molecular weight is 1730 g/mol. The maximum absolute atomic E-state index is 14.7. The molecule has 0 unspecified atom stereocenters. The number of rotatable bonds is 47. The summed E-state index contributed by atoms with van der Waals surface area (Å²) in [5.41, 5.74) is 8.54. The Morgan fingerprint density at radius 2 is 1.12 bits per heavy atom. The molecule has 0 aliphatic carbocycles. The number of phosphoric ester groups is 1. The van der Waals surface area contributed by atoms with Gasteiger partial charge >= 0.3 is 26.0 Å². The quantitative estimate of drug-likeness (QED) is 0.00619. The molecule has 5 aromatic carbocycles. The van der Waals surface area contributed by atoms with Gasteiger partial charge in [0, 0.05) is 151 Å². The van der Waals surface area contributed by atoms with Crippen molar-refractivity contribution in [2.75, 3.05) is 172 Å². The number of ketones is 1. The van der Waals surface area contributed by atoms with E-state index in [0.717, 1.165) is 22.5 Å². The first-order valence-electron chi connectivity index (χ1n) is 36.1. The van der Waals surface area contributed by atoms with Crippen molar-refractivity contribution >= 4 is 147 Å². The van der Waals surface area contributed by atoms with Gasteiger partial charge < -0.3 is 106 Å². The summed E-state index contributed by atoms with van der Waals surface area (Å²) in [4.78, 5) is 145. The van der Waals surface area contributed by atoms with Crippen molar-refractivity contribution in [2.24, 2.45) is 17.6 Å². The molecule has 8 N–H and O–H groups in total. The first-order chi connectivity index (χ1) is 53.4. The first-order valence-corrected chi connectivity index (χ1v) is 40.1. The Morgan fingerprint density at radius 3 is 1.63 bits per heavy atom. The SMILES string of the molecule is CC(C)[C@H](NC(=O)CCOCOCCOCCOCCOCCOCCOCCNC(=O)C[S-])C(=O)C[C@@H](CCCNC(N)=O)C(=O)Nc1ccc(COC(=O)N(C)CCN(C)C(=O)Oc2cc3c(c4ccccc24)[C@H](CCl)CN3C(=O)c2ccc(C(=O)N3C[C@@H](CCl)c4c3cc(OP(=O)(O)O)c3ccccc43)s2)cc1.[Y]. The third-order valence-corrected chi connectivity index (χ3v) is 20.4. The molecule has 37 heteroatoms. The summed E-state index contributed by atoms with van der Waals surface area (Å²) in [6.45, 7) is 8.27. The Kier molecular flexibility index (Phi) is 38.6. The van der Waals surface area contributed by atoms with Crippen LogP contribution in [0.3, 0.4) is 0 Å². The number of ether oxygens (including phenoxy) is 9. The van der Waals surface area contributed by atoms with Crippen LogP contribution in [0.2, 0.25) is 0 Å². The van der Waals surface area contributed by atoms with Crippen LogP contribution in [0.5, 0.6) is 11.5 Å². The summed E-state index contributed by atoms with van der Waals surface area (Å²) in [5.74, 6) is -3.90. The van der Waals surface area contributed by atoms with Crippen molar-refractivity contribution in [3.63, 3.8) is 0 Å². The second-order valence-corrected chi connectivity index (χ2v) is 29.4. The second-order valence-electron chi connectivity index (χ2n) is 26.3. The molecule has 1 radical (unpaired) electrons. The number of halogens is 2. The predicted molar refractivity (Wildman–Crippen MR) is 419 cm³/mol. The Morgan fingerprint density at radius 1 is 0.634 bits per heavy atom. The van der Waals surface area contributed by atoms with Crippen LogP contribution >= 0.6 is 42.4 Å². The first kappa shape index (κ1) is 92.0. The number of thiophene rings is 1. The van der Waals surface area contributed by atoms with Gasteiger partial charge in [-0.05, 0) is 70.5 Å². The summed E-state index contributed by atoms with van der Waals surface area (Å²) in [6.07, 6.45) is -1.26. The number of benzene rings is 5. The molecular formula is C75H95Cl2N9O22PS2Y-. The molecule has 9 amide bonds. The molecule has 607 valence electrons. The van der Waals surface area contributed by atoms with Gasteiger partial charge in [-0.15, -0.1) is 34.5 Å². The van der Waals surface area contributed by atoms with Crippen LogP contribution in [0.25, 0.3) is 21.5 Å². The molecule has 8 rings (SSSR count). The van der Waals surface area contributed by atoms with Crippen molar-refractivity contribution < 1.29 is 137 Å². The maximum atomic E-state index is 14.7. The molecule has 0 saturated heterocycles. The zero-order valence-corrected chi connectivity index (χ0v) is 69.6. The Bertz CT molecular complexity index is 4210. The number of carbonyl (C=O) groups is 9. The number of nitrogens with one attached hydrogen (secondary N) is 4. The van der Waals surface area contributed by atoms with Gasteiger partial charge in [-0.25, -0.2) is 18.9 Å². The minimum Gasteiger partial charge on any atom is -0.783 e. The van der Waals surface area contributed by atoms with Gasteiger partial charge in [0.1, 0.15) is 24.9 Å². The smallest absolute Gasteiger partial charge is 0.524 e. The van der Waals surface area contributed by atoms with Gasteiger partial charge in [0.15, 0.2) is 11.7 Å². The number of anilines is 3. The van der Waals surface area contributed by atoms with Crippen molar-refractivity contribution in [3.8, 4) is 11.5 Å². The Balaban J connectivity index is 0.0000174. The van der Waals surface area contributed by atoms with Gasteiger partial charge in [-0.1, -0.05) is 80.3 Å². The van der Waals surface area contributed by atoms with Crippen molar-refractivity contribution in [3.05, 3.63) is 124 Å². The van der Waals surface area contributed by atoms with E-state index in [2.05, 4.69) is 33.9 Å². The van der Waals surface area contributed by atoms with Crippen LogP contribution in [0.15, 0.2) is 97.1 Å². The summed E-state index contributed by atoms with van der Waals surface area (Å²) in [6, 6.07) is 25.2. The monoisotopic (exact) mass is 1730 g/mol. The maximum Gasteiger partial charge on any atom is 0.524 e. The molecule has 0 fully saturated rings. The van der Waals surface area contributed by atoms with Gasteiger partial charge in [0.2, 0.25) is 11.8 Å². The van der Waals surface area contributed by atoms with Gasteiger partial charge in [0.25, 0.3) is 11.8 Å². The summed E-state index contributed by atoms with van der Waals surface area (Å²) in [7, 11) is -2.00. The molecule has 31 nitrogen and oxygen atoms in total. The van der Waals surface area contributed by atoms with E-state index in [0.29, 0.717) is 123 Å².